The molecule has 2 saturated heterocycles. The maximum absolute atomic E-state index is 10.6. The second-order valence-corrected chi connectivity index (χ2v) is 7.73. The summed E-state index contributed by atoms with van der Waals surface area (Å²) in [5.74, 6) is -2.84. The van der Waals surface area contributed by atoms with Crippen LogP contribution in [0.4, 0.5) is 32.2 Å². The van der Waals surface area contributed by atoms with Gasteiger partial charge in [0.15, 0.2) is 0 Å². The Kier molecular flexibility index (Phi) is 9.40. The highest BCUT2D eigenvalue weighted by Crippen LogP contribution is 2.33. The van der Waals surface area contributed by atoms with Gasteiger partial charge >= 0.3 is 24.3 Å². The van der Waals surface area contributed by atoms with E-state index in [4.69, 9.17) is 19.8 Å². The van der Waals surface area contributed by atoms with Gasteiger partial charge in [0.05, 0.1) is 5.69 Å². The fourth-order valence-electron chi connectivity index (χ4n) is 3.67. The van der Waals surface area contributed by atoms with E-state index in [1.165, 1.54) is 18.8 Å². The van der Waals surface area contributed by atoms with Crippen molar-refractivity contribution in [3.63, 3.8) is 0 Å². The molecule has 2 N–H and O–H groups in total. The van der Waals surface area contributed by atoms with Crippen LogP contribution >= 0.6 is 0 Å². The van der Waals surface area contributed by atoms with Crippen LogP contribution in [0.2, 0.25) is 0 Å². The van der Waals surface area contributed by atoms with Gasteiger partial charge in [-0.15, -0.1) is 0 Å². The molecule has 0 unspecified atom stereocenters. The van der Waals surface area contributed by atoms with Crippen LogP contribution in [0.3, 0.4) is 0 Å². The van der Waals surface area contributed by atoms with Gasteiger partial charge in [-0.1, -0.05) is 12.1 Å². The van der Waals surface area contributed by atoms with Gasteiger partial charge in [0, 0.05) is 45.1 Å². The summed E-state index contributed by atoms with van der Waals surface area (Å²) in [5.41, 5.74) is 1.18. The SMILES string of the molecule is O=C(O)C(F)(F)F.O=C(O)C(F)(F)F.c1ccc(CN2C[C@@H]3CN(c4ccccn4)C[C@@H]3C2)nc1. The first-order valence-electron chi connectivity index (χ1n) is 10.2. The van der Waals surface area contributed by atoms with Crippen LogP contribution in [0.5, 0.6) is 0 Å². The Bertz CT molecular complexity index is 922. The minimum absolute atomic E-state index is 0.774. The lowest BCUT2D eigenvalue weighted by Gasteiger charge is -2.22. The Morgan fingerprint density at radius 1 is 0.800 bits per heavy atom. The van der Waals surface area contributed by atoms with E-state index < -0.39 is 24.3 Å². The zero-order chi connectivity index (χ0) is 26.2. The molecule has 8 nitrogen and oxygen atoms in total. The second kappa shape index (κ2) is 11.8. The van der Waals surface area contributed by atoms with Gasteiger partial charge in [-0.3, -0.25) is 9.88 Å². The lowest BCUT2D eigenvalue weighted by Crippen LogP contribution is -2.29. The molecule has 192 valence electrons. The van der Waals surface area contributed by atoms with Crippen LogP contribution in [0, 0.1) is 11.8 Å². The molecule has 0 saturated carbocycles. The van der Waals surface area contributed by atoms with Gasteiger partial charge < -0.3 is 15.1 Å². The molecule has 0 aromatic carbocycles. The number of rotatable bonds is 3. The molecule has 14 heteroatoms. The first-order chi connectivity index (χ1) is 16.3. The molecule has 0 amide bonds. The van der Waals surface area contributed by atoms with Crippen molar-refractivity contribution in [2.75, 3.05) is 31.1 Å². The molecule has 2 aliphatic heterocycles. The monoisotopic (exact) mass is 508 g/mol. The van der Waals surface area contributed by atoms with Crippen molar-refractivity contribution in [2.24, 2.45) is 11.8 Å². The lowest BCUT2D eigenvalue weighted by atomic mass is 10.0. The molecule has 0 bridgehead atoms. The topological polar surface area (TPSA) is 107 Å². The number of carbonyl (C=O) groups is 2. The lowest BCUT2D eigenvalue weighted by molar-refractivity contribution is -0.193. The second-order valence-electron chi connectivity index (χ2n) is 7.73. The van der Waals surface area contributed by atoms with E-state index in [9.17, 15) is 26.3 Å². The number of halogens is 6. The zero-order valence-corrected chi connectivity index (χ0v) is 18.1. The van der Waals surface area contributed by atoms with Gasteiger partial charge in [-0.2, -0.15) is 26.3 Å². The zero-order valence-electron chi connectivity index (χ0n) is 18.1. The van der Waals surface area contributed by atoms with Gasteiger partial charge in [0.1, 0.15) is 5.82 Å². The number of carboxylic acids is 2. The molecular formula is C21H22F6N4O4. The normalized spacial score (nSPS) is 19.7. The number of nitrogens with zero attached hydrogens (tertiary/aromatic N) is 4. The first kappa shape index (κ1) is 27.8. The van der Waals surface area contributed by atoms with E-state index >= 15 is 0 Å². The predicted octanol–water partition coefficient (Wildman–Crippen LogP) is 3.31. The predicted molar refractivity (Wildman–Crippen MR) is 110 cm³/mol. The molecular weight excluding hydrogens is 486 g/mol. The molecule has 2 aromatic heterocycles. The van der Waals surface area contributed by atoms with E-state index in [0.29, 0.717) is 0 Å². The standard InChI is InChI=1S/C17H20N4.2C2HF3O2/c1-3-7-18-16(5-1)13-20-9-14-11-21(12-15(14)10-20)17-6-2-4-8-19-17;2*3-2(4,5)1(6)7/h1-8,14-15H,9-13H2;2*(H,6,7)/t14-,15+;;. The summed E-state index contributed by atoms with van der Waals surface area (Å²) in [6.07, 6.45) is -6.40. The van der Waals surface area contributed by atoms with Crippen molar-refractivity contribution in [2.45, 2.75) is 18.9 Å². The Hall–Kier alpha value is -3.42. The van der Waals surface area contributed by atoms with Gasteiger partial charge in [-0.05, 0) is 36.1 Å². The van der Waals surface area contributed by atoms with Gasteiger partial charge in [0.2, 0.25) is 0 Å². The Labute approximate surface area is 195 Å². The third-order valence-electron chi connectivity index (χ3n) is 5.13. The molecule has 2 fully saturated rings. The highest BCUT2D eigenvalue weighted by atomic mass is 19.4. The fraction of sp³-hybridized carbons (Fsp3) is 0.429. The van der Waals surface area contributed by atoms with E-state index in [0.717, 1.165) is 37.3 Å². The summed E-state index contributed by atoms with van der Waals surface area (Å²) in [4.78, 5) is 31.7. The molecule has 2 atom stereocenters. The van der Waals surface area contributed by atoms with Crippen molar-refractivity contribution in [1.82, 2.24) is 14.9 Å². The van der Waals surface area contributed by atoms with Crippen molar-refractivity contribution in [1.29, 1.82) is 0 Å². The van der Waals surface area contributed by atoms with Crippen molar-refractivity contribution < 1.29 is 46.1 Å². The molecule has 2 aromatic rings. The number of likely N-dealkylation sites (tertiary alicyclic amines) is 1. The van der Waals surface area contributed by atoms with Crippen LogP contribution < -0.4 is 4.90 Å². The summed E-state index contributed by atoms with van der Waals surface area (Å²) < 4.78 is 63.5. The van der Waals surface area contributed by atoms with Crippen LogP contribution in [0.15, 0.2) is 48.8 Å². The maximum atomic E-state index is 10.6. The number of aromatic nitrogens is 2. The highest BCUT2D eigenvalue weighted by molar-refractivity contribution is 5.73. The summed E-state index contributed by atoms with van der Waals surface area (Å²) in [6, 6.07) is 12.3. The molecule has 0 spiro atoms. The number of anilines is 1. The van der Waals surface area contributed by atoms with Crippen molar-refractivity contribution in [3.8, 4) is 0 Å². The van der Waals surface area contributed by atoms with Crippen molar-refractivity contribution in [3.05, 3.63) is 54.5 Å². The number of hydrogen-bond donors (Lipinski definition) is 2. The minimum atomic E-state index is -5.08. The third kappa shape index (κ3) is 9.03. The quantitative estimate of drug-likeness (QED) is 0.609. The Balaban J connectivity index is 0.000000257. The number of aliphatic carboxylic acids is 2. The van der Waals surface area contributed by atoms with Crippen LogP contribution in [-0.4, -0.2) is 75.6 Å². The molecule has 4 heterocycles. The van der Waals surface area contributed by atoms with E-state index in [1.807, 2.05) is 24.5 Å². The maximum Gasteiger partial charge on any atom is 0.490 e. The average molecular weight is 508 g/mol. The van der Waals surface area contributed by atoms with E-state index in [2.05, 4.69) is 44.0 Å². The van der Waals surface area contributed by atoms with Crippen LogP contribution in [0.25, 0.3) is 0 Å². The molecule has 0 aliphatic carbocycles. The molecule has 0 radical (unpaired) electrons. The summed E-state index contributed by atoms with van der Waals surface area (Å²) in [7, 11) is 0. The molecule has 35 heavy (non-hydrogen) atoms. The largest absolute Gasteiger partial charge is 0.490 e. The summed E-state index contributed by atoms with van der Waals surface area (Å²) in [5, 5.41) is 14.2. The molecule has 4 rings (SSSR count). The summed E-state index contributed by atoms with van der Waals surface area (Å²) in [6.45, 7) is 5.63. The number of fused-ring (bicyclic) bond motifs is 1. The van der Waals surface area contributed by atoms with Gasteiger partial charge in [-0.25, -0.2) is 14.6 Å². The number of pyridine rings is 2. The first-order valence-corrected chi connectivity index (χ1v) is 10.2. The molecule has 2 aliphatic rings. The Morgan fingerprint density at radius 2 is 1.26 bits per heavy atom. The fourth-order valence-corrected chi connectivity index (χ4v) is 3.67. The van der Waals surface area contributed by atoms with Crippen molar-refractivity contribution >= 4 is 17.8 Å². The van der Waals surface area contributed by atoms with E-state index in [-0.39, 0.29) is 0 Å². The highest BCUT2D eigenvalue weighted by Gasteiger charge is 2.40. The van der Waals surface area contributed by atoms with E-state index in [1.54, 1.807) is 0 Å². The third-order valence-corrected chi connectivity index (χ3v) is 5.13. The van der Waals surface area contributed by atoms with Gasteiger partial charge in [0.25, 0.3) is 0 Å². The minimum Gasteiger partial charge on any atom is -0.475 e. The number of hydrogen-bond acceptors (Lipinski definition) is 6. The average Bonchev–Trinajstić information content (AvgIpc) is 3.33. The number of alkyl halides is 6. The Morgan fingerprint density at radius 3 is 1.63 bits per heavy atom. The summed E-state index contributed by atoms with van der Waals surface area (Å²) >= 11 is 0. The van der Waals surface area contributed by atoms with Crippen LogP contribution in [0.1, 0.15) is 5.69 Å². The number of carboxylic acid groups (broad SMARTS) is 2. The van der Waals surface area contributed by atoms with Crippen LogP contribution in [-0.2, 0) is 16.1 Å². The smallest absolute Gasteiger partial charge is 0.475 e.